The van der Waals surface area contributed by atoms with Gasteiger partial charge in [-0.25, -0.2) is 9.87 Å². The van der Waals surface area contributed by atoms with Crippen LogP contribution in [0.3, 0.4) is 0 Å². The summed E-state index contributed by atoms with van der Waals surface area (Å²) < 4.78 is 12.5. The van der Waals surface area contributed by atoms with E-state index >= 15 is 0 Å². The van der Waals surface area contributed by atoms with Gasteiger partial charge in [0.25, 0.3) is 5.91 Å². The standard InChI is InChI=1S/C7H5ClFNO2/c8-6-2-1-4(9)3-5(6)7(11)10-12/h1-3,12H,(H,10,11). The van der Waals surface area contributed by atoms with Gasteiger partial charge < -0.3 is 0 Å². The predicted octanol–water partition coefficient (Wildman–Crippen LogP) is 1.60. The van der Waals surface area contributed by atoms with E-state index < -0.39 is 11.7 Å². The Morgan fingerprint density at radius 3 is 2.83 bits per heavy atom. The van der Waals surface area contributed by atoms with Crippen LogP contribution in [0.1, 0.15) is 10.4 Å². The van der Waals surface area contributed by atoms with Gasteiger partial charge in [0.15, 0.2) is 0 Å². The van der Waals surface area contributed by atoms with Crippen LogP contribution in [0.15, 0.2) is 18.2 Å². The lowest BCUT2D eigenvalue weighted by atomic mass is 10.2. The maximum absolute atomic E-state index is 12.5. The molecule has 0 saturated heterocycles. The third-order valence-corrected chi connectivity index (χ3v) is 1.60. The monoisotopic (exact) mass is 189 g/mol. The van der Waals surface area contributed by atoms with Gasteiger partial charge >= 0.3 is 0 Å². The van der Waals surface area contributed by atoms with E-state index in [4.69, 9.17) is 16.8 Å². The third-order valence-electron chi connectivity index (χ3n) is 1.27. The third kappa shape index (κ3) is 1.72. The topological polar surface area (TPSA) is 49.3 Å². The molecule has 0 fully saturated rings. The van der Waals surface area contributed by atoms with Crippen molar-refractivity contribution in [2.45, 2.75) is 0 Å². The second kappa shape index (κ2) is 3.51. The van der Waals surface area contributed by atoms with E-state index in [9.17, 15) is 9.18 Å². The van der Waals surface area contributed by atoms with Crippen LogP contribution in [-0.2, 0) is 0 Å². The van der Waals surface area contributed by atoms with E-state index in [1.807, 2.05) is 0 Å². The molecule has 0 aliphatic rings. The van der Waals surface area contributed by atoms with Gasteiger partial charge in [-0.2, -0.15) is 0 Å². The fourth-order valence-corrected chi connectivity index (χ4v) is 0.935. The van der Waals surface area contributed by atoms with E-state index in [-0.39, 0.29) is 10.6 Å². The molecule has 0 heterocycles. The zero-order valence-electron chi connectivity index (χ0n) is 5.84. The molecule has 3 nitrogen and oxygen atoms in total. The Balaban J connectivity index is 3.13. The first kappa shape index (κ1) is 8.96. The molecule has 64 valence electrons. The summed E-state index contributed by atoms with van der Waals surface area (Å²) in [7, 11) is 0. The molecule has 1 amide bonds. The van der Waals surface area contributed by atoms with Crippen LogP contribution in [0, 0.1) is 5.82 Å². The highest BCUT2D eigenvalue weighted by molar-refractivity contribution is 6.33. The lowest BCUT2D eigenvalue weighted by Crippen LogP contribution is -2.19. The number of carbonyl (C=O) groups is 1. The molecule has 12 heavy (non-hydrogen) atoms. The molecule has 0 unspecified atom stereocenters. The summed E-state index contributed by atoms with van der Waals surface area (Å²) in [5, 5.41) is 8.31. The summed E-state index contributed by atoms with van der Waals surface area (Å²) in [4.78, 5) is 10.8. The quantitative estimate of drug-likeness (QED) is 0.521. The van der Waals surface area contributed by atoms with Gasteiger partial charge in [0.1, 0.15) is 5.82 Å². The smallest absolute Gasteiger partial charge is 0.276 e. The van der Waals surface area contributed by atoms with Crippen molar-refractivity contribution in [1.82, 2.24) is 5.48 Å². The number of amides is 1. The molecule has 1 rings (SSSR count). The summed E-state index contributed by atoms with van der Waals surface area (Å²) in [6.07, 6.45) is 0. The second-order valence-corrected chi connectivity index (χ2v) is 2.47. The molecular formula is C7H5ClFNO2. The van der Waals surface area contributed by atoms with Gasteiger partial charge in [0.05, 0.1) is 10.6 Å². The van der Waals surface area contributed by atoms with Crippen molar-refractivity contribution < 1.29 is 14.4 Å². The highest BCUT2D eigenvalue weighted by Crippen LogP contribution is 2.16. The number of hydrogen-bond donors (Lipinski definition) is 2. The lowest BCUT2D eigenvalue weighted by Gasteiger charge is -2.00. The summed E-state index contributed by atoms with van der Waals surface area (Å²) in [6.45, 7) is 0. The van der Waals surface area contributed by atoms with Crippen molar-refractivity contribution in [2.24, 2.45) is 0 Å². The van der Waals surface area contributed by atoms with Crippen molar-refractivity contribution in [2.75, 3.05) is 0 Å². The zero-order chi connectivity index (χ0) is 9.14. The average molecular weight is 190 g/mol. The Bertz CT molecular complexity index is 316. The van der Waals surface area contributed by atoms with Crippen LogP contribution in [-0.4, -0.2) is 11.1 Å². The summed E-state index contributed by atoms with van der Waals surface area (Å²) in [5.41, 5.74) is 1.26. The van der Waals surface area contributed by atoms with Crippen LogP contribution in [0.4, 0.5) is 4.39 Å². The molecule has 0 spiro atoms. The first-order chi connectivity index (χ1) is 5.65. The molecule has 0 radical (unpaired) electrons. The number of hydroxylamine groups is 1. The molecule has 1 aromatic rings. The number of hydrogen-bond acceptors (Lipinski definition) is 2. The fraction of sp³-hybridized carbons (Fsp3) is 0. The highest BCUT2D eigenvalue weighted by Gasteiger charge is 2.09. The minimum atomic E-state index is -0.834. The van der Waals surface area contributed by atoms with E-state index in [0.29, 0.717) is 0 Å². The van der Waals surface area contributed by atoms with Crippen molar-refractivity contribution in [3.05, 3.63) is 34.6 Å². The number of nitrogens with one attached hydrogen (secondary N) is 1. The van der Waals surface area contributed by atoms with Crippen molar-refractivity contribution in [3.8, 4) is 0 Å². The lowest BCUT2D eigenvalue weighted by molar-refractivity contribution is 0.0706. The first-order valence-electron chi connectivity index (χ1n) is 3.04. The molecule has 0 bridgehead atoms. The molecule has 1 aromatic carbocycles. The predicted molar refractivity (Wildman–Crippen MR) is 40.7 cm³/mol. The second-order valence-electron chi connectivity index (χ2n) is 2.07. The SMILES string of the molecule is O=C(NO)c1cc(F)ccc1Cl. The maximum atomic E-state index is 12.5. The molecule has 0 aromatic heterocycles. The molecule has 2 N–H and O–H groups in total. The van der Waals surface area contributed by atoms with Gasteiger partial charge in [0.2, 0.25) is 0 Å². The van der Waals surface area contributed by atoms with Crippen LogP contribution < -0.4 is 5.48 Å². The normalized spacial score (nSPS) is 9.58. The largest absolute Gasteiger partial charge is 0.288 e. The number of benzene rings is 1. The number of rotatable bonds is 1. The Labute approximate surface area is 72.7 Å². The maximum Gasteiger partial charge on any atom is 0.276 e. The van der Waals surface area contributed by atoms with Crippen LogP contribution >= 0.6 is 11.6 Å². The summed E-state index contributed by atoms with van der Waals surface area (Å²) in [6, 6.07) is 3.30. The summed E-state index contributed by atoms with van der Waals surface area (Å²) >= 11 is 5.53. The van der Waals surface area contributed by atoms with Crippen molar-refractivity contribution >= 4 is 17.5 Å². The Kier molecular flexibility index (Phi) is 2.62. The van der Waals surface area contributed by atoms with E-state index in [1.54, 1.807) is 0 Å². The van der Waals surface area contributed by atoms with Crippen molar-refractivity contribution in [1.29, 1.82) is 0 Å². The summed E-state index contributed by atoms with van der Waals surface area (Å²) in [5.74, 6) is -1.42. The van der Waals surface area contributed by atoms with E-state index in [0.717, 1.165) is 12.1 Å². The van der Waals surface area contributed by atoms with E-state index in [2.05, 4.69) is 0 Å². The van der Waals surface area contributed by atoms with Gasteiger partial charge in [0, 0.05) is 0 Å². The molecule has 5 heteroatoms. The van der Waals surface area contributed by atoms with E-state index in [1.165, 1.54) is 11.5 Å². The highest BCUT2D eigenvalue weighted by atomic mass is 35.5. The first-order valence-corrected chi connectivity index (χ1v) is 3.42. The van der Waals surface area contributed by atoms with Gasteiger partial charge in [-0.05, 0) is 18.2 Å². The fourth-order valence-electron chi connectivity index (χ4n) is 0.732. The van der Waals surface area contributed by atoms with Crippen LogP contribution in [0.2, 0.25) is 5.02 Å². The van der Waals surface area contributed by atoms with Gasteiger partial charge in [-0.3, -0.25) is 10.0 Å². The Hall–Kier alpha value is -1.13. The van der Waals surface area contributed by atoms with Gasteiger partial charge in [-0.15, -0.1) is 0 Å². The zero-order valence-corrected chi connectivity index (χ0v) is 6.60. The minimum absolute atomic E-state index is 0.0861. The molecule has 0 atom stereocenters. The Morgan fingerprint density at radius 2 is 2.25 bits per heavy atom. The molecular weight excluding hydrogens is 185 g/mol. The Morgan fingerprint density at radius 1 is 1.58 bits per heavy atom. The molecule has 0 saturated carbocycles. The van der Waals surface area contributed by atoms with Gasteiger partial charge in [-0.1, -0.05) is 11.6 Å². The molecule has 0 aliphatic heterocycles. The van der Waals surface area contributed by atoms with Crippen LogP contribution in [0.5, 0.6) is 0 Å². The van der Waals surface area contributed by atoms with Crippen LogP contribution in [0.25, 0.3) is 0 Å². The number of halogens is 2. The number of carbonyl (C=O) groups excluding carboxylic acids is 1. The van der Waals surface area contributed by atoms with Crippen molar-refractivity contribution in [3.63, 3.8) is 0 Å². The average Bonchev–Trinajstić information content (AvgIpc) is 2.08. The molecule has 0 aliphatic carbocycles. The minimum Gasteiger partial charge on any atom is -0.288 e.